The fraction of sp³-hybridized carbons (Fsp3) is 0.632. The number of benzene rings is 1. The Morgan fingerprint density at radius 3 is 2.14 bits per heavy atom. The van der Waals surface area contributed by atoms with Gasteiger partial charge in [0, 0.05) is 0 Å². The Hall–Kier alpha value is -0.830. The minimum atomic E-state index is 0. The van der Waals surface area contributed by atoms with Crippen molar-refractivity contribution in [3.63, 3.8) is 0 Å². The molecule has 3 rings (SSSR count). The highest BCUT2D eigenvalue weighted by atomic mass is 79.9. The largest absolute Gasteiger partial charge is 1.00 e. The summed E-state index contributed by atoms with van der Waals surface area (Å²) in [6.45, 7) is 15.0. The summed E-state index contributed by atoms with van der Waals surface area (Å²) >= 11 is 0. The molecule has 1 atom stereocenters. The molecule has 2 nitrogen and oxygen atoms in total. The summed E-state index contributed by atoms with van der Waals surface area (Å²) in [6, 6.07) is 0.770. The number of rotatable bonds is 2. The Morgan fingerprint density at radius 1 is 0.955 bits per heavy atom. The molecule has 2 aliphatic heterocycles. The number of fused-ring (bicyclic) bond motifs is 1. The van der Waals surface area contributed by atoms with Crippen molar-refractivity contribution in [1.29, 1.82) is 0 Å². The predicted octanol–water partition coefficient (Wildman–Crippen LogP) is 0.642. The van der Waals surface area contributed by atoms with Crippen LogP contribution in [0.2, 0.25) is 0 Å². The molecule has 0 N–H and O–H groups in total. The molecule has 22 heavy (non-hydrogen) atoms. The standard InChI is InChI=1S/C19H29N2.BrH/c1-13-14(2)16(4)19(17(5)15(13)3)11-20-10-18-8-6-7-9-21(18)12-20;/h12,18H,6-11H2,1-5H3;1H/q+1;/p-1. The summed E-state index contributed by atoms with van der Waals surface area (Å²) < 4.78 is 2.54. The average Bonchev–Trinajstić information content (AvgIpc) is 2.90. The molecule has 0 bridgehead atoms. The van der Waals surface area contributed by atoms with E-state index in [-0.39, 0.29) is 17.0 Å². The van der Waals surface area contributed by atoms with E-state index in [9.17, 15) is 0 Å². The highest BCUT2D eigenvalue weighted by molar-refractivity contribution is 5.53. The number of hydrogen-bond donors (Lipinski definition) is 0. The lowest BCUT2D eigenvalue weighted by Gasteiger charge is -2.21. The summed E-state index contributed by atoms with van der Waals surface area (Å²) in [5.41, 5.74) is 8.96. The van der Waals surface area contributed by atoms with E-state index in [1.54, 1.807) is 5.56 Å². The van der Waals surface area contributed by atoms with Crippen LogP contribution in [-0.2, 0) is 6.54 Å². The summed E-state index contributed by atoms with van der Waals surface area (Å²) in [5.74, 6) is 0. The second kappa shape index (κ2) is 6.74. The Kier molecular flexibility index (Phi) is 5.37. The lowest BCUT2D eigenvalue weighted by atomic mass is 9.89. The molecule has 2 heterocycles. The molecule has 0 radical (unpaired) electrons. The van der Waals surface area contributed by atoms with E-state index in [0.29, 0.717) is 0 Å². The zero-order chi connectivity index (χ0) is 15.1. The van der Waals surface area contributed by atoms with Crippen molar-refractivity contribution >= 4 is 6.34 Å². The molecule has 1 unspecified atom stereocenters. The van der Waals surface area contributed by atoms with Crippen molar-refractivity contribution in [2.45, 2.75) is 66.5 Å². The smallest absolute Gasteiger partial charge is 0.234 e. The van der Waals surface area contributed by atoms with E-state index < -0.39 is 0 Å². The number of piperidine rings is 1. The van der Waals surface area contributed by atoms with Crippen molar-refractivity contribution in [2.75, 3.05) is 13.1 Å². The molecule has 2 aliphatic rings. The third-order valence-electron chi connectivity index (χ3n) is 5.95. The van der Waals surface area contributed by atoms with Crippen LogP contribution in [0.25, 0.3) is 0 Å². The maximum Gasteiger partial charge on any atom is 0.234 e. The first-order chi connectivity index (χ1) is 9.99. The lowest BCUT2D eigenvalue weighted by molar-refractivity contribution is -0.533. The Morgan fingerprint density at radius 2 is 1.55 bits per heavy atom. The first-order valence-corrected chi connectivity index (χ1v) is 8.39. The van der Waals surface area contributed by atoms with Crippen LogP contribution in [0.5, 0.6) is 0 Å². The van der Waals surface area contributed by atoms with Gasteiger partial charge in [0.25, 0.3) is 0 Å². The summed E-state index contributed by atoms with van der Waals surface area (Å²) in [6.07, 6.45) is 6.54. The van der Waals surface area contributed by atoms with Gasteiger partial charge in [-0.15, -0.1) is 0 Å². The Balaban J connectivity index is 0.00000176. The van der Waals surface area contributed by atoms with Crippen LogP contribution in [0.15, 0.2) is 0 Å². The van der Waals surface area contributed by atoms with Gasteiger partial charge in [-0.2, -0.15) is 0 Å². The minimum absolute atomic E-state index is 0. The first-order valence-electron chi connectivity index (χ1n) is 8.39. The van der Waals surface area contributed by atoms with Gasteiger partial charge in [0.1, 0.15) is 19.1 Å². The average molecular weight is 365 g/mol. The van der Waals surface area contributed by atoms with Gasteiger partial charge < -0.3 is 17.0 Å². The van der Waals surface area contributed by atoms with E-state index in [0.717, 1.165) is 12.6 Å². The molecule has 3 heteroatoms. The van der Waals surface area contributed by atoms with Crippen LogP contribution in [-0.4, -0.2) is 34.9 Å². The van der Waals surface area contributed by atoms with Crippen LogP contribution < -0.4 is 17.0 Å². The molecule has 1 aromatic carbocycles. The quantitative estimate of drug-likeness (QED) is 0.698. The fourth-order valence-electron chi connectivity index (χ4n) is 4.02. The van der Waals surface area contributed by atoms with Crippen molar-refractivity contribution < 1.29 is 21.6 Å². The second-order valence-electron chi connectivity index (χ2n) is 7.04. The SMILES string of the molecule is Cc1c(C)c(C)c(C[N+]2=CN3CCCCC3C2)c(C)c1C.[Br-]. The highest BCUT2D eigenvalue weighted by Gasteiger charge is 2.33. The molecule has 0 saturated carbocycles. The summed E-state index contributed by atoms with van der Waals surface area (Å²) in [5, 5.41) is 0. The van der Waals surface area contributed by atoms with Crippen LogP contribution in [0.4, 0.5) is 0 Å². The predicted molar refractivity (Wildman–Crippen MR) is 89.4 cm³/mol. The molecule has 0 amide bonds. The van der Waals surface area contributed by atoms with Gasteiger partial charge in [-0.05, 0) is 87.3 Å². The maximum absolute atomic E-state index is 2.57. The fourth-order valence-corrected chi connectivity index (χ4v) is 4.02. The number of nitrogens with zero attached hydrogens (tertiary/aromatic N) is 2. The molecule has 1 fully saturated rings. The van der Waals surface area contributed by atoms with Crippen LogP contribution in [0.1, 0.15) is 52.6 Å². The van der Waals surface area contributed by atoms with E-state index in [1.165, 1.54) is 60.2 Å². The third kappa shape index (κ3) is 2.97. The van der Waals surface area contributed by atoms with Crippen molar-refractivity contribution in [1.82, 2.24) is 4.90 Å². The Labute approximate surface area is 146 Å². The maximum atomic E-state index is 2.57. The monoisotopic (exact) mass is 364 g/mol. The summed E-state index contributed by atoms with van der Waals surface area (Å²) in [4.78, 5) is 2.57. The second-order valence-corrected chi connectivity index (χ2v) is 7.04. The zero-order valence-electron chi connectivity index (χ0n) is 14.7. The topological polar surface area (TPSA) is 6.25 Å². The van der Waals surface area contributed by atoms with Gasteiger partial charge in [0.05, 0.1) is 6.54 Å². The molecule has 0 aromatic heterocycles. The normalized spacial score (nSPS) is 20.5. The highest BCUT2D eigenvalue weighted by Crippen LogP contribution is 2.27. The van der Waals surface area contributed by atoms with Crippen molar-refractivity contribution in [2.24, 2.45) is 0 Å². The molecular weight excluding hydrogens is 336 g/mol. The van der Waals surface area contributed by atoms with Gasteiger partial charge in [-0.1, -0.05) is 0 Å². The number of hydrogen-bond acceptors (Lipinski definition) is 1. The third-order valence-corrected chi connectivity index (χ3v) is 5.95. The van der Waals surface area contributed by atoms with E-state index in [4.69, 9.17) is 0 Å². The lowest BCUT2D eigenvalue weighted by Crippen LogP contribution is -3.00. The van der Waals surface area contributed by atoms with Gasteiger partial charge in [-0.3, -0.25) is 9.48 Å². The van der Waals surface area contributed by atoms with Crippen molar-refractivity contribution in [3.8, 4) is 0 Å². The molecule has 0 aliphatic carbocycles. The molecular formula is C19H29BrN2. The zero-order valence-corrected chi connectivity index (χ0v) is 16.3. The molecule has 0 spiro atoms. The van der Waals surface area contributed by atoms with Gasteiger partial charge >= 0.3 is 0 Å². The molecule has 122 valence electrons. The van der Waals surface area contributed by atoms with E-state index in [1.807, 2.05) is 0 Å². The van der Waals surface area contributed by atoms with E-state index >= 15 is 0 Å². The first kappa shape index (κ1) is 17.5. The number of halogens is 1. The van der Waals surface area contributed by atoms with Gasteiger partial charge in [0.15, 0.2) is 0 Å². The van der Waals surface area contributed by atoms with Crippen LogP contribution in [0, 0.1) is 34.6 Å². The van der Waals surface area contributed by atoms with Crippen LogP contribution >= 0.6 is 0 Å². The van der Waals surface area contributed by atoms with E-state index in [2.05, 4.69) is 50.4 Å². The van der Waals surface area contributed by atoms with Gasteiger partial charge in [-0.25, -0.2) is 0 Å². The Bertz CT molecular complexity index is 575. The van der Waals surface area contributed by atoms with Gasteiger partial charge in [0.2, 0.25) is 6.34 Å². The molecule has 1 aromatic rings. The minimum Gasteiger partial charge on any atom is -1.00 e. The van der Waals surface area contributed by atoms with Crippen LogP contribution in [0.3, 0.4) is 0 Å². The van der Waals surface area contributed by atoms with Crippen molar-refractivity contribution in [3.05, 3.63) is 33.4 Å². The summed E-state index contributed by atoms with van der Waals surface area (Å²) in [7, 11) is 0. The molecule has 1 saturated heterocycles.